The molecule has 1 aliphatic rings. The standard InChI is InChI=1S/C10H16N2O4/c1-7(2)3-12-8(13)4-11(5-9(12)14)6-10(15)16/h7H,3-6H2,1-2H3,(H,15,16). The van der Waals surface area contributed by atoms with Crippen molar-refractivity contribution in [1.82, 2.24) is 9.80 Å². The van der Waals surface area contributed by atoms with Crippen LogP contribution in [0.15, 0.2) is 0 Å². The van der Waals surface area contributed by atoms with Gasteiger partial charge in [0.1, 0.15) is 0 Å². The fourth-order valence-electron chi connectivity index (χ4n) is 1.62. The van der Waals surface area contributed by atoms with E-state index in [2.05, 4.69) is 0 Å². The second kappa shape index (κ2) is 5.07. The molecular formula is C10H16N2O4. The van der Waals surface area contributed by atoms with Gasteiger partial charge in [0.05, 0.1) is 19.6 Å². The van der Waals surface area contributed by atoms with Gasteiger partial charge in [-0.05, 0) is 5.92 Å². The number of carbonyl (C=O) groups excluding carboxylic acids is 2. The van der Waals surface area contributed by atoms with Crippen LogP contribution in [0.5, 0.6) is 0 Å². The Morgan fingerprint density at radius 2 is 1.81 bits per heavy atom. The van der Waals surface area contributed by atoms with Crippen LogP contribution in [-0.4, -0.2) is 58.9 Å². The lowest BCUT2D eigenvalue weighted by atomic mass is 10.2. The molecule has 2 amide bonds. The van der Waals surface area contributed by atoms with Crippen molar-refractivity contribution < 1.29 is 19.5 Å². The van der Waals surface area contributed by atoms with E-state index in [-0.39, 0.29) is 37.4 Å². The van der Waals surface area contributed by atoms with Gasteiger partial charge in [-0.25, -0.2) is 0 Å². The lowest BCUT2D eigenvalue weighted by Gasteiger charge is -2.32. The molecule has 0 aliphatic carbocycles. The maximum Gasteiger partial charge on any atom is 0.317 e. The van der Waals surface area contributed by atoms with E-state index in [9.17, 15) is 14.4 Å². The topological polar surface area (TPSA) is 77.9 Å². The van der Waals surface area contributed by atoms with E-state index < -0.39 is 5.97 Å². The van der Waals surface area contributed by atoms with E-state index in [4.69, 9.17) is 5.11 Å². The molecule has 0 aromatic rings. The highest BCUT2D eigenvalue weighted by Gasteiger charge is 2.31. The molecule has 1 N–H and O–H groups in total. The van der Waals surface area contributed by atoms with Crippen molar-refractivity contribution >= 4 is 17.8 Å². The number of hydrogen-bond donors (Lipinski definition) is 1. The van der Waals surface area contributed by atoms with Crippen molar-refractivity contribution in [2.24, 2.45) is 5.92 Å². The third kappa shape index (κ3) is 3.30. The Hall–Kier alpha value is -1.43. The largest absolute Gasteiger partial charge is 0.480 e. The molecule has 1 saturated heterocycles. The Morgan fingerprint density at radius 3 is 2.19 bits per heavy atom. The summed E-state index contributed by atoms with van der Waals surface area (Å²) >= 11 is 0. The molecular weight excluding hydrogens is 212 g/mol. The van der Waals surface area contributed by atoms with Crippen LogP contribution in [0, 0.1) is 5.92 Å². The SMILES string of the molecule is CC(C)CN1C(=O)CN(CC(=O)O)CC1=O. The fourth-order valence-corrected chi connectivity index (χ4v) is 1.62. The maximum atomic E-state index is 11.6. The van der Waals surface area contributed by atoms with Crippen LogP contribution in [0.1, 0.15) is 13.8 Å². The minimum Gasteiger partial charge on any atom is -0.480 e. The van der Waals surface area contributed by atoms with Gasteiger partial charge in [0.15, 0.2) is 0 Å². The molecule has 1 fully saturated rings. The zero-order valence-electron chi connectivity index (χ0n) is 9.47. The predicted molar refractivity (Wildman–Crippen MR) is 55.6 cm³/mol. The summed E-state index contributed by atoms with van der Waals surface area (Å²) in [6.07, 6.45) is 0. The molecule has 0 unspecified atom stereocenters. The van der Waals surface area contributed by atoms with Crippen LogP contribution in [0.4, 0.5) is 0 Å². The second-order valence-corrected chi connectivity index (χ2v) is 4.33. The Morgan fingerprint density at radius 1 is 1.31 bits per heavy atom. The summed E-state index contributed by atoms with van der Waals surface area (Å²) in [6.45, 7) is 3.98. The molecule has 6 nitrogen and oxygen atoms in total. The molecule has 0 bridgehead atoms. The van der Waals surface area contributed by atoms with Gasteiger partial charge in [0, 0.05) is 6.54 Å². The Kier molecular flexibility index (Phi) is 4.00. The van der Waals surface area contributed by atoms with Gasteiger partial charge < -0.3 is 5.11 Å². The average Bonchev–Trinajstić information content (AvgIpc) is 2.10. The third-order valence-electron chi connectivity index (χ3n) is 2.23. The van der Waals surface area contributed by atoms with E-state index in [0.29, 0.717) is 6.54 Å². The lowest BCUT2D eigenvalue weighted by molar-refractivity contribution is -0.153. The van der Waals surface area contributed by atoms with E-state index in [1.54, 1.807) is 0 Å². The first-order chi connectivity index (χ1) is 7.40. The molecule has 0 radical (unpaired) electrons. The summed E-state index contributed by atoms with van der Waals surface area (Å²) in [4.78, 5) is 36.2. The number of carboxylic acid groups (broad SMARTS) is 1. The molecule has 1 rings (SSSR count). The minimum atomic E-state index is -1.03. The first kappa shape index (κ1) is 12.6. The van der Waals surface area contributed by atoms with E-state index in [1.165, 1.54) is 9.80 Å². The van der Waals surface area contributed by atoms with Crippen LogP contribution >= 0.6 is 0 Å². The summed E-state index contributed by atoms with van der Waals surface area (Å²) < 4.78 is 0. The predicted octanol–water partition coefficient (Wildman–Crippen LogP) is -0.602. The number of amides is 2. The number of rotatable bonds is 4. The van der Waals surface area contributed by atoms with Gasteiger partial charge in [0.2, 0.25) is 11.8 Å². The molecule has 0 atom stereocenters. The van der Waals surface area contributed by atoms with Gasteiger partial charge in [-0.15, -0.1) is 0 Å². The Labute approximate surface area is 93.8 Å². The minimum absolute atomic E-state index is 0.00472. The van der Waals surface area contributed by atoms with Gasteiger partial charge in [-0.3, -0.25) is 24.2 Å². The van der Waals surface area contributed by atoms with Crippen molar-refractivity contribution in [2.45, 2.75) is 13.8 Å². The van der Waals surface area contributed by atoms with Crippen molar-refractivity contribution in [3.63, 3.8) is 0 Å². The average molecular weight is 228 g/mol. The summed E-state index contributed by atoms with van der Waals surface area (Å²) in [7, 11) is 0. The molecule has 1 heterocycles. The lowest BCUT2D eigenvalue weighted by Crippen LogP contribution is -2.55. The quantitative estimate of drug-likeness (QED) is 0.650. The first-order valence-electron chi connectivity index (χ1n) is 5.17. The molecule has 6 heteroatoms. The number of nitrogens with zero attached hydrogens (tertiary/aromatic N) is 2. The smallest absolute Gasteiger partial charge is 0.317 e. The van der Waals surface area contributed by atoms with Gasteiger partial charge in [0.25, 0.3) is 0 Å². The Bertz CT molecular complexity index is 296. The second-order valence-electron chi connectivity index (χ2n) is 4.33. The molecule has 1 aliphatic heterocycles. The number of hydrogen-bond acceptors (Lipinski definition) is 4. The fraction of sp³-hybridized carbons (Fsp3) is 0.700. The van der Waals surface area contributed by atoms with Crippen molar-refractivity contribution in [2.75, 3.05) is 26.2 Å². The molecule has 0 aromatic carbocycles. The normalized spacial score (nSPS) is 18.3. The van der Waals surface area contributed by atoms with Crippen LogP contribution in [0.25, 0.3) is 0 Å². The molecule has 0 spiro atoms. The molecule has 90 valence electrons. The first-order valence-corrected chi connectivity index (χ1v) is 5.17. The number of carbonyl (C=O) groups is 3. The summed E-state index contributed by atoms with van der Waals surface area (Å²) in [5.74, 6) is -1.44. The zero-order valence-corrected chi connectivity index (χ0v) is 9.47. The van der Waals surface area contributed by atoms with Crippen LogP contribution in [0.2, 0.25) is 0 Å². The molecule has 0 saturated carbocycles. The number of imide groups is 1. The number of carboxylic acids is 1. The molecule has 16 heavy (non-hydrogen) atoms. The summed E-state index contributed by atoms with van der Waals surface area (Å²) in [5, 5.41) is 8.57. The van der Waals surface area contributed by atoms with Crippen molar-refractivity contribution in [3.05, 3.63) is 0 Å². The highest BCUT2D eigenvalue weighted by atomic mass is 16.4. The highest BCUT2D eigenvalue weighted by molar-refractivity contribution is 5.99. The van der Waals surface area contributed by atoms with Gasteiger partial charge >= 0.3 is 5.97 Å². The van der Waals surface area contributed by atoms with E-state index in [1.807, 2.05) is 13.8 Å². The Balaban J connectivity index is 2.60. The van der Waals surface area contributed by atoms with Crippen molar-refractivity contribution in [1.29, 1.82) is 0 Å². The highest BCUT2D eigenvalue weighted by Crippen LogP contribution is 2.07. The summed E-state index contributed by atoms with van der Waals surface area (Å²) in [5.41, 5.74) is 0. The third-order valence-corrected chi connectivity index (χ3v) is 2.23. The van der Waals surface area contributed by atoms with Gasteiger partial charge in [-0.2, -0.15) is 0 Å². The monoisotopic (exact) mass is 228 g/mol. The van der Waals surface area contributed by atoms with Crippen molar-refractivity contribution in [3.8, 4) is 0 Å². The maximum absolute atomic E-state index is 11.6. The molecule has 0 aromatic heterocycles. The zero-order chi connectivity index (χ0) is 12.3. The van der Waals surface area contributed by atoms with Crippen LogP contribution in [0.3, 0.4) is 0 Å². The number of piperazine rings is 1. The summed E-state index contributed by atoms with van der Waals surface area (Å²) in [6, 6.07) is 0. The van der Waals surface area contributed by atoms with Crippen LogP contribution < -0.4 is 0 Å². The van der Waals surface area contributed by atoms with E-state index in [0.717, 1.165) is 0 Å². The van der Waals surface area contributed by atoms with Crippen LogP contribution in [-0.2, 0) is 14.4 Å². The number of aliphatic carboxylic acids is 1. The van der Waals surface area contributed by atoms with Gasteiger partial charge in [-0.1, -0.05) is 13.8 Å². The van der Waals surface area contributed by atoms with E-state index >= 15 is 0 Å².